The summed E-state index contributed by atoms with van der Waals surface area (Å²) in [5.41, 5.74) is 3.34. The topological polar surface area (TPSA) is 80.4 Å². The fourth-order valence-electron chi connectivity index (χ4n) is 3.78. The molecule has 1 aliphatic heterocycles. The zero-order chi connectivity index (χ0) is 19.6. The van der Waals surface area contributed by atoms with Crippen molar-refractivity contribution >= 4 is 16.9 Å². The molecule has 0 bridgehead atoms. The number of hydrogen-bond donors (Lipinski definition) is 2. The molecular weight excluding hydrogens is 366 g/mol. The molecule has 4 aromatic rings. The highest BCUT2D eigenvalue weighted by Gasteiger charge is 2.23. The summed E-state index contributed by atoms with van der Waals surface area (Å²) in [5, 5.41) is 14.0. The van der Waals surface area contributed by atoms with Crippen molar-refractivity contribution in [1.29, 1.82) is 0 Å². The Morgan fingerprint density at radius 1 is 1.00 bits per heavy atom. The summed E-state index contributed by atoms with van der Waals surface area (Å²) >= 11 is 0. The molecule has 2 aromatic heterocycles. The Morgan fingerprint density at radius 3 is 2.59 bits per heavy atom. The van der Waals surface area contributed by atoms with Gasteiger partial charge < -0.3 is 19.6 Å². The second-order valence-corrected chi connectivity index (χ2v) is 7.14. The van der Waals surface area contributed by atoms with Crippen molar-refractivity contribution in [2.45, 2.75) is 18.9 Å². The molecule has 2 N–H and O–H groups in total. The molecular formula is C23H21N3O3. The number of anilines is 1. The maximum absolute atomic E-state index is 9.67. The second kappa shape index (κ2) is 7.56. The predicted octanol–water partition coefficient (Wildman–Crippen LogP) is 4.85. The van der Waals surface area contributed by atoms with E-state index in [1.807, 2.05) is 42.5 Å². The van der Waals surface area contributed by atoms with Gasteiger partial charge >= 0.3 is 0 Å². The smallest absolute Gasteiger partial charge is 0.232 e. The van der Waals surface area contributed by atoms with Crippen molar-refractivity contribution in [2.24, 2.45) is 0 Å². The average Bonchev–Trinajstić information content (AvgIpc) is 3.41. The van der Waals surface area contributed by atoms with Crippen molar-refractivity contribution < 1.29 is 14.3 Å². The second-order valence-electron chi connectivity index (χ2n) is 7.14. The van der Waals surface area contributed by atoms with Gasteiger partial charge in [0, 0.05) is 24.3 Å². The molecule has 1 fully saturated rings. The number of nitrogens with one attached hydrogen (secondary N) is 1. The van der Waals surface area contributed by atoms with E-state index in [2.05, 4.69) is 15.3 Å². The number of hydrogen-bond acceptors (Lipinski definition) is 6. The normalized spacial score (nSPS) is 16.3. The molecule has 1 saturated heterocycles. The van der Waals surface area contributed by atoms with Gasteiger partial charge in [-0.1, -0.05) is 30.3 Å². The fraction of sp³-hybridized carbons (Fsp3) is 0.217. The molecule has 0 unspecified atom stereocenters. The van der Waals surface area contributed by atoms with Gasteiger partial charge in [0.15, 0.2) is 0 Å². The van der Waals surface area contributed by atoms with Crippen LogP contribution in [-0.4, -0.2) is 34.3 Å². The van der Waals surface area contributed by atoms with Gasteiger partial charge in [-0.15, -0.1) is 0 Å². The monoisotopic (exact) mass is 387 g/mol. The predicted molar refractivity (Wildman–Crippen MR) is 112 cm³/mol. The van der Waals surface area contributed by atoms with Gasteiger partial charge in [0.1, 0.15) is 23.7 Å². The first-order chi connectivity index (χ1) is 14.3. The van der Waals surface area contributed by atoms with Crippen molar-refractivity contribution in [2.75, 3.05) is 18.5 Å². The summed E-state index contributed by atoms with van der Waals surface area (Å²) in [6.07, 6.45) is 3.86. The summed E-state index contributed by atoms with van der Waals surface area (Å²) in [6.45, 7) is 1.51. The molecule has 1 atom stereocenters. The summed E-state index contributed by atoms with van der Waals surface area (Å²) in [6, 6.07) is 17.1. The van der Waals surface area contributed by atoms with E-state index in [9.17, 15) is 5.11 Å². The number of benzene rings is 2. The SMILES string of the molecule is Oc1ccc(-c2oc3ncnc(NC[C@@H]4CCCO4)c3c2-c2ccccc2)cc1. The summed E-state index contributed by atoms with van der Waals surface area (Å²) in [5.74, 6) is 1.65. The molecule has 2 aromatic carbocycles. The Balaban J connectivity index is 1.66. The van der Waals surface area contributed by atoms with E-state index >= 15 is 0 Å². The summed E-state index contributed by atoms with van der Waals surface area (Å²) in [7, 11) is 0. The Bertz CT molecular complexity index is 1120. The maximum atomic E-state index is 9.67. The lowest BCUT2D eigenvalue weighted by Crippen LogP contribution is -2.19. The lowest BCUT2D eigenvalue weighted by atomic mass is 9.99. The highest BCUT2D eigenvalue weighted by Crippen LogP contribution is 2.42. The summed E-state index contributed by atoms with van der Waals surface area (Å²) in [4.78, 5) is 8.87. The quantitative estimate of drug-likeness (QED) is 0.509. The minimum atomic E-state index is 0.198. The van der Waals surface area contributed by atoms with Gasteiger partial charge in [-0.2, -0.15) is 0 Å². The van der Waals surface area contributed by atoms with Crippen LogP contribution in [0.2, 0.25) is 0 Å². The Kier molecular flexibility index (Phi) is 4.62. The zero-order valence-corrected chi connectivity index (χ0v) is 15.8. The van der Waals surface area contributed by atoms with Crippen LogP contribution in [0.15, 0.2) is 65.3 Å². The minimum absolute atomic E-state index is 0.198. The van der Waals surface area contributed by atoms with E-state index in [1.54, 1.807) is 12.1 Å². The van der Waals surface area contributed by atoms with Gasteiger partial charge in [0.2, 0.25) is 5.71 Å². The lowest BCUT2D eigenvalue weighted by molar-refractivity contribution is 0.120. The van der Waals surface area contributed by atoms with E-state index in [4.69, 9.17) is 9.15 Å². The zero-order valence-electron chi connectivity index (χ0n) is 15.8. The lowest BCUT2D eigenvalue weighted by Gasteiger charge is -2.12. The molecule has 0 radical (unpaired) electrons. The van der Waals surface area contributed by atoms with Gasteiger partial charge in [0.25, 0.3) is 0 Å². The molecule has 3 heterocycles. The van der Waals surface area contributed by atoms with Crippen LogP contribution in [-0.2, 0) is 4.74 Å². The van der Waals surface area contributed by atoms with Crippen molar-refractivity contribution in [3.05, 3.63) is 60.9 Å². The molecule has 5 rings (SSSR count). The summed E-state index contributed by atoms with van der Waals surface area (Å²) < 4.78 is 11.9. The number of furan rings is 1. The van der Waals surface area contributed by atoms with Gasteiger partial charge in [-0.25, -0.2) is 9.97 Å². The van der Waals surface area contributed by atoms with Crippen molar-refractivity contribution in [3.8, 4) is 28.2 Å². The van der Waals surface area contributed by atoms with Crippen LogP contribution in [0.3, 0.4) is 0 Å². The van der Waals surface area contributed by atoms with E-state index in [0.29, 0.717) is 18.0 Å². The van der Waals surface area contributed by atoms with Crippen LogP contribution in [0.5, 0.6) is 5.75 Å². The molecule has 0 aliphatic carbocycles. The van der Waals surface area contributed by atoms with Gasteiger partial charge in [-0.05, 0) is 42.7 Å². The number of aromatic hydroxyl groups is 1. The van der Waals surface area contributed by atoms with Crippen LogP contribution in [0.4, 0.5) is 5.82 Å². The highest BCUT2D eigenvalue weighted by atomic mass is 16.5. The van der Waals surface area contributed by atoms with E-state index in [1.165, 1.54) is 6.33 Å². The van der Waals surface area contributed by atoms with E-state index < -0.39 is 0 Å². The van der Waals surface area contributed by atoms with Crippen LogP contribution >= 0.6 is 0 Å². The molecule has 6 nitrogen and oxygen atoms in total. The highest BCUT2D eigenvalue weighted by molar-refractivity contribution is 6.05. The van der Waals surface area contributed by atoms with Crippen molar-refractivity contribution in [1.82, 2.24) is 9.97 Å². The molecule has 29 heavy (non-hydrogen) atoms. The third-order valence-corrected chi connectivity index (χ3v) is 5.20. The Labute approximate surface area is 168 Å². The average molecular weight is 387 g/mol. The van der Waals surface area contributed by atoms with Gasteiger partial charge in [0.05, 0.1) is 11.5 Å². The van der Waals surface area contributed by atoms with Crippen LogP contribution < -0.4 is 5.32 Å². The van der Waals surface area contributed by atoms with Crippen LogP contribution in [0, 0.1) is 0 Å². The minimum Gasteiger partial charge on any atom is -0.508 e. The molecule has 1 aliphatic rings. The first-order valence-corrected chi connectivity index (χ1v) is 9.77. The maximum Gasteiger partial charge on any atom is 0.232 e. The van der Waals surface area contributed by atoms with Gasteiger partial charge in [-0.3, -0.25) is 0 Å². The van der Waals surface area contributed by atoms with Crippen molar-refractivity contribution in [3.63, 3.8) is 0 Å². The number of aromatic nitrogens is 2. The van der Waals surface area contributed by atoms with Crippen LogP contribution in [0.25, 0.3) is 33.6 Å². The molecule has 6 heteroatoms. The Morgan fingerprint density at radius 2 is 1.83 bits per heavy atom. The van der Waals surface area contributed by atoms with Crippen LogP contribution in [0.1, 0.15) is 12.8 Å². The third-order valence-electron chi connectivity index (χ3n) is 5.20. The molecule has 0 amide bonds. The number of phenolic OH excluding ortho intramolecular Hbond substituents is 1. The number of rotatable bonds is 5. The van der Waals surface area contributed by atoms with E-state index in [0.717, 1.165) is 47.3 Å². The molecule has 0 spiro atoms. The largest absolute Gasteiger partial charge is 0.508 e. The molecule has 0 saturated carbocycles. The van der Waals surface area contributed by atoms with E-state index in [-0.39, 0.29) is 11.9 Å². The third kappa shape index (κ3) is 3.43. The first-order valence-electron chi connectivity index (χ1n) is 9.77. The number of fused-ring (bicyclic) bond motifs is 1. The number of phenols is 1. The number of ether oxygens (including phenoxy) is 1. The number of nitrogens with zero attached hydrogens (tertiary/aromatic N) is 2. The molecule has 146 valence electrons. The Hall–Kier alpha value is -3.38. The first kappa shape index (κ1) is 17.7. The standard InChI is InChI=1S/C23H21N3O3/c27-17-10-8-16(9-11-17)21-19(15-5-2-1-3-6-15)20-22(25-14-26-23(20)29-21)24-13-18-7-4-12-28-18/h1-3,5-6,8-11,14,18,27H,4,7,12-13H2,(H,24,25,26)/t18-/m0/s1. The fourth-order valence-corrected chi connectivity index (χ4v) is 3.78.